The molecule has 1 saturated heterocycles. The van der Waals surface area contributed by atoms with Crippen LogP contribution in [0.1, 0.15) is 33.6 Å². The van der Waals surface area contributed by atoms with Gasteiger partial charge in [-0.1, -0.05) is 6.07 Å². The number of carbonyl (C=O) groups excluding carboxylic acids is 3. The maximum absolute atomic E-state index is 12.9. The molecule has 1 aliphatic heterocycles. The molecule has 3 aromatic rings. The zero-order chi connectivity index (χ0) is 24.3. The molecule has 3 amide bonds. The maximum Gasteiger partial charge on any atom is 0.410 e. The summed E-state index contributed by atoms with van der Waals surface area (Å²) in [5.41, 5.74) is 1.76. The largest absolute Gasteiger partial charge is 0.444 e. The summed E-state index contributed by atoms with van der Waals surface area (Å²) in [6.07, 6.45) is 4.60. The predicted molar refractivity (Wildman–Crippen MR) is 127 cm³/mol. The van der Waals surface area contributed by atoms with Crippen LogP contribution in [0, 0.1) is 0 Å². The standard InChI is InChI=1S/C24H26N6O4/c1-24(2,3)34-23(33)30-10-4-5-19(30)21(32)29-20-9-7-16-11-15(6-8-18(16)28-20)17-12-25-22(26-13-17)27-14-31/h6-9,11-14,19H,4-5,10H2,1-3H3,(H,28,29,32)(H,25,26,27,31). The quantitative estimate of drug-likeness (QED) is 0.555. The lowest BCUT2D eigenvalue weighted by Gasteiger charge is -2.27. The van der Waals surface area contributed by atoms with Gasteiger partial charge >= 0.3 is 6.09 Å². The van der Waals surface area contributed by atoms with E-state index in [1.54, 1.807) is 39.2 Å². The van der Waals surface area contributed by atoms with Crippen LogP contribution in [0.5, 0.6) is 0 Å². The van der Waals surface area contributed by atoms with Crippen LogP contribution in [0.2, 0.25) is 0 Å². The first-order valence-corrected chi connectivity index (χ1v) is 11.0. The third kappa shape index (κ3) is 5.28. The van der Waals surface area contributed by atoms with Crippen molar-refractivity contribution >= 4 is 41.1 Å². The van der Waals surface area contributed by atoms with E-state index in [1.807, 2.05) is 24.3 Å². The van der Waals surface area contributed by atoms with Crippen molar-refractivity contribution in [2.24, 2.45) is 0 Å². The number of nitrogens with zero attached hydrogens (tertiary/aromatic N) is 4. The molecule has 10 heteroatoms. The van der Waals surface area contributed by atoms with Gasteiger partial charge in [0.2, 0.25) is 18.3 Å². The molecule has 2 N–H and O–H groups in total. The minimum atomic E-state index is -0.625. The zero-order valence-electron chi connectivity index (χ0n) is 19.2. The molecule has 0 spiro atoms. The molecule has 4 rings (SSSR count). The Kier molecular flexibility index (Phi) is 6.40. The Labute approximate surface area is 196 Å². The number of likely N-dealkylation sites (tertiary alicyclic amines) is 1. The molecule has 1 atom stereocenters. The predicted octanol–water partition coefficient (Wildman–Crippen LogP) is 3.60. The molecule has 0 aliphatic carbocycles. The van der Waals surface area contributed by atoms with Crippen molar-refractivity contribution < 1.29 is 19.1 Å². The lowest BCUT2D eigenvalue weighted by Crippen LogP contribution is -2.45. The number of rotatable bonds is 5. The van der Waals surface area contributed by atoms with Crippen LogP contribution in [-0.4, -0.2) is 56.5 Å². The number of anilines is 2. The van der Waals surface area contributed by atoms with E-state index in [9.17, 15) is 14.4 Å². The third-order valence-corrected chi connectivity index (χ3v) is 5.30. The van der Waals surface area contributed by atoms with E-state index in [0.29, 0.717) is 30.7 Å². The highest BCUT2D eigenvalue weighted by molar-refractivity contribution is 5.97. The number of hydrogen-bond acceptors (Lipinski definition) is 7. The number of aromatic nitrogens is 3. The highest BCUT2D eigenvalue weighted by Gasteiger charge is 2.36. The number of hydrogen-bond donors (Lipinski definition) is 2. The minimum Gasteiger partial charge on any atom is -0.444 e. The van der Waals surface area contributed by atoms with Gasteiger partial charge in [0.15, 0.2) is 0 Å². The van der Waals surface area contributed by atoms with Gasteiger partial charge in [-0.15, -0.1) is 0 Å². The van der Waals surface area contributed by atoms with E-state index in [2.05, 4.69) is 25.6 Å². The molecule has 10 nitrogen and oxygen atoms in total. The molecular formula is C24H26N6O4. The fraction of sp³-hybridized carbons (Fsp3) is 0.333. The summed E-state index contributed by atoms with van der Waals surface area (Å²) >= 11 is 0. The molecule has 0 bridgehead atoms. The highest BCUT2D eigenvalue weighted by Crippen LogP contribution is 2.25. The normalized spacial score (nSPS) is 15.7. The third-order valence-electron chi connectivity index (χ3n) is 5.30. The minimum absolute atomic E-state index is 0.231. The van der Waals surface area contributed by atoms with Gasteiger partial charge < -0.3 is 10.1 Å². The molecule has 2 aromatic heterocycles. The maximum atomic E-state index is 12.9. The summed E-state index contributed by atoms with van der Waals surface area (Å²) in [6.45, 7) is 5.88. The SMILES string of the molecule is CC(C)(C)OC(=O)N1CCCC1C(=O)Nc1ccc2cc(-c3cnc(NC=O)nc3)ccc2n1. The average Bonchev–Trinajstić information content (AvgIpc) is 3.29. The summed E-state index contributed by atoms with van der Waals surface area (Å²) in [5, 5.41) is 6.11. The van der Waals surface area contributed by atoms with Crippen molar-refractivity contribution in [1.82, 2.24) is 19.9 Å². The van der Waals surface area contributed by atoms with Gasteiger partial charge in [0, 0.05) is 29.9 Å². The van der Waals surface area contributed by atoms with Gasteiger partial charge in [0.25, 0.3) is 0 Å². The fourth-order valence-electron chi connectivity index (χ4n) is 3.77. The zero-order valence-corrected chi connectivity index (χ0v) is 19.2. The van der Waals surface area contributed by atoms with E-state index >= 15 is 0 Å². The number of benzene rings is 1. The summed E-state index contributed by atoms with van der Waals surface area (Å²) < 4.78 is 5.44. The lowest BCUT2D eigenvalue weighted by atomic mass is 10.1. The molecular weight excluding hydrogens is 436 g/mol. The summed E-state index contributed by atoms with van der Waals surface area (Å²) in [6, 6.07) is 8.68. The first-order valence-electron chi connectivity index (χ1n) is 11.0. The molecule has 1 aliphatic rings. The van der Waals surface area contributed by atoms with Gasteiger partial charge in [0.05, 0.1) is 5.52 Å². The van der Waals surface area contributed by atoms with Crippen molar-refractivity contribution in [3.05, 3.63) is 42.7 Å². The molecule has 34 heavy (non-hydrogen) atoms. The number of pyridine rings is 1. The number of ether oxygens (including phenoxy) is 1. The van der Waals surface area contributed by atoms with Gasteiger partial charge in [-0.05, 0) is 63.4 Å². The van der Waals surface area contributed by atoms with Crippen LogP contribution in [0.25, 0.3) is 22.0 Å². The average molecular weight is 463 g/mol. The van der Waals surface area contributed by atoms with Crippen molar-refractivity contribution in [1.29, 1.82) is 0 Å². The van der Waals surface area contributed by atoms with Crippen LogP contribution < -0.4 is 10.6 Å². The number of carbonyl (C=O) groups is 3. The molecule has 3 heterocycles. The first kappa shape index (κ1) is 23.1. The van der Waals surface area contributed by atoms with E-state index in [0.717, 1.165) is 22.9 Å². The number of nitrogens with one attached hydrogen (secondary N) is 2. The summed E-state index contributed by atoms with van der Waals surface area (Å²) in [4.78, 5) is 50.1. The number of fused-ring (bicyclic) bond motifs is 1. The molecule has 1 fully saturated rings. The summed E-state index contributed by atoms with van der Waals surface area (Å²) in [5.74, 6) is 0.357. The van der Waals surface area contributed by atoms with E-state index < -0.39 is 17.7 Å². The Balaban J connectivity index is 1.47. The van der Waals surface area contributed by atoms with Gasteiger partial charge in [-0.2, -0.15) is 0 Å². The lowest BCUT2D eigenvalue weighted by molar-refractivity contribution is -0.120. The molecule has 0 radical (unpaired) electrons. The van der Waals surface area contributed by atoms with Crippen LogP contribution >= 0.6 is 0 Å². The highest BCUT2D eigenvalue weighted by atomic mass is 16.6. The topological polar surface area (TPSA) is 126 Å². The summed E-state index contributed by atoms with van der Waals surface area (Å²) in [7, 11) is 0. The van der Waals surface area contributed by atoms with Gasteiger partial charge in [-0.3, -0.25) is 19.8 Å². The number of amides is 3. The molecule has 1 aromatic carbocycles. The van der Waals surface area contributed by atoms with Gasteiger partial charge in [-0.25, -0.2) is 19.7 Å². The second-order valence-electron chi connectivity index (χ2n) is 8.98. The second-order valence-corrected chi connectivity index (χ2v) is 8.98. The van der Waals surface area contributed by atoms with Crippen molar-refractivity contribution in [3.8, 4) is 11.1 Å². The van der Waals surface area contributed by atoms with Crippen molar-refractivity contribution in [2.75, 3.05) is 17.2 Å². The Bertz CT molecular complexity index is 1220. The van der Waals surface area contributed by atoms with Crippen LogP contribution in [-0.2, 0) is 14.3 Å². The molecule has 176 valence electrons. The molecule has 0 saturated carbocycles. The smallest absolute Gasteiger partial charge is 0.410 e. The Morgan fingerprint density at radius 3 is 2.59 bits per heavy atom. The Hall–Kier alpha value is -4.08. The molecule has 1 unspecified atom stereocenters. The second kappa shape index (κ2) is 9.42. The van der Waals surface area contributed by atoms with Crippen LogP contribution in [0.4, 0.5) is 16.6 Å². The fourth-order valence-corrected chi connectivity index (χ4v) is 3.77. The Morgan fingerprint density at radius 2 is 1.88 bits per heavy atom. The van der Waals surface area contributed by atoms with Crippen molar-refractivity contribution in [3.63, 3.8) is 0 Å². The van der Waals surface area contributed by atoms with E-state index in [4.69, 9.17) is 4.74 Å². The first-order chi connectivity index (χ1) is 16.2. The van der Waals surface area contributed by atoms with Crippen LogP contribution in [0.3, 0.4) is 0 Å². The van der Waals surface area contributed by atoms with E-state index in [-0.39, 0.29) is 11.9 Å². The van der Waals surface area contributed by atoms with Crippen LogP contribution in [0.15, 0.2) is 42.7 Å². The Morgan fingerprint density at radius 1 is 1.12 bits per heavy atom. The van der Waals surface area contributed by atoms with Crippen molar-refractivity contribution in [2.45, 2.75) is 45.3 Å². The van der Waals surface area contributed by atoms with Gasteiger partial charge in [0.1, 0.15) is 17.5 Å². The van der Waals surface area contributed by atoms with E-state index in [1.165, 1.54) is 4.90 Å². The monoisotopic (exact) mass is 462 g/mol.